The average molecular weight is 243 g/mol. The van der Waals surface area contributed by atoms with E-state index in [2.05, 4.69) is 0 Å². The molecule has 0 aliphatic heterocycles. The monoisotopic (exact) mass is 243 g/mol. The molecule has 0 aliphatic carbocycles. The van der Waals surface area contributed by atoms with E-state index in [-0.39, 0.29) is 0 Å². The van der Waals surface area contributed by atoms with Gasteiger partial charge in [-0.1, -0.05) is 12.1 Å². The molecule has 0 saturated heterocycles. The number of carbonyl (C=O) groups is 1. The number of hydrogen-bond donors (Lipinski definition) is 0. The summed E-state index contributed by atoms with van der Waals surface area (Å²) in [5.74, 6) is 0.818. The van der Waals surface area contributed by atoms with Crippen LogP contribution in [0.15, 0.2) is 24.3 Å². The second-order valence-corrected chi connectivity index (χ2v) is 4.38. The molecule has 1 aromatic heterocycles. The van der Waals surface area contributed by atoms with E-state index in [0.29, 0.717) is 0 Å². The van der Waals surface area contributed by atoms with Crippen LogP contribution in [0.4, 0.5) is 0 Å². The second-order valence-electron chi connectivity index (χ2n) is 4.38. The van der Waals surface area contributed by atoms with Crippen LogP contribution >= 0.6 is 0 Å². The van der Waals surface area contributed by atoms with Gasteiger partial charge in [0.05, 0.1) is 12.8 Å². The minimum atomic E-state index is 0.773. The Morgan fingerprint density at radius 1 is 1.28 bits per heavy atom. The van der Waals surface area contributed by atoms with E-state index in [1.807, 2.05) is 49.7 Å². The van der Waals surface area contributed by atoms with Crippen LogP contribution in [-0.4, -0.2) is 18.0 Å². The van der Waals surface area contributed by atoms with Gasteiger partial charge in [0, 0.05) is 23.9 Å². The first kappa shape index (κ1) is 12.4. The van der Waals surface area contributed by atoms with Crippen molar-refractivity contribution in [3.05, 3.63) is 41.1 Å². The lowest BCUT2D eigenvalue weighted by Crippen LogP contribution is -1.95. The minimum absolute atomic E-state index is 0.773. The molecule has 1 heterocycles. The molecule has 1 aromatic carbocycles. The molecule has 0 amide bonds. The van der Waals surface area contributed by atoms with E-state index in [0.717, 1.165) is 40.1 Å². The number of aromatic nitrogens is 1. The first-order chi connectivity index (χ1) is 8.60. The highest BCUT2D eigenvalue weighted by atomic mass is 16.5. The van der Waals surface area contributed by atoms with Gasteiger partial charge in [0.1, 0.15) is 5.75 Å². The topological polar surface area (TPSA) is 31.2 Å². The summed E-state index contributed by atoms with van der Waals surface area (Å²) in [4.78, 5) is 11.1. The summed E-state index contributed by atoms with van der Waals surface area (Å²) in [7, 11) is 3.63. The summed E-state index contributed by atoms with van der Waals surface area (Å²) in [6.07, 6.45) is 0.925. The number of aldehydes is 1. The van der Waals surface area contributed by atoms with Crippen molar-refractivity contribution >= 4 is 6.29 Å². The molecular weight excluding hydrogens is 226 g/mol. The molecule has 0 N–H and O–H groups in total. The summed E-state index contributed by atoms with van der Waals surface area (Å²) in [6.45, 7) is 3.94. The molecule has 0 atom stereocenters. The van der Waals surface area contributed by atoms with Gasteiger partial charge < -0.3 is 9.30 Å². The number of rotatable bonds is 3. The third-order valence-corrected chi connectivity index (χ3v) is 3.45. The van der Waals surface area contributed by atoms with Crippen LogP contribution in [-0.2, 0) is 7.05 Å². The predicted octanol–water partition coefficient (Wildman–Crippen LogP) is 3.13. The number of carbonyl (C=O) groups excluding carboxylic acids is 1. The Kier molecular flexibility index (Phi) is 3.24. The Morgan fingerprint density at radius 2 is 2.00 bits per heavy atom. The number of benzene rings is 1. The van der Waals surface area contributed by atoms with Crippen molar-refractivity contribution in [2.24, 2.45) is 7.05 Å². The summed E-state index contributed by atoms with van der Waals surface area (Å²) in [5.41, 5.74) is 4.90. The van der Waals surface area contributed by atoms with Crippen molar-refractivity contribution in [2.75, 3.05) is 7.11 Å². The second kappa shape index (κ2) is 4.69. The van der Waals surface area contributed by atoms with Crippen molar-refractivity contribution in [3.8, 4) is 17.0 Å². The van der Waals surface area contributed by atoms with Gasteiger partial charge in [-0.25, -0.2) is 0 Å². The lowest BCUT2D eigenvalue weighted by Gasteiger charge is -2.08. The Hall–Kier alpha value is -2.03. The molecule has 2 rings (SSSR count). The number of nitrogens with zero attached hydrogens (tertiary/aromatic N) is 1. The number of hydrogen-bond acceptors (Lipinski definition) is 2. The van der Waals surface area contributed by atoms with Crippen molar-refractivity contribution in [1.82, 2.24) is 4.57 Å². The number of methoxy groups -OCH3 is 1. The molecule has 0 aliphatic rings. The Balaban J connectivity index is 2.67. The van der Waals surface area contributed by atoms with Crippen molar-refractivity contribution < 1.29 is 9.53 Å². The summed E-state index contributed by atoms with van der Waals surface area (Å²) in [6, 6.07) is 7.88. The van der Waals surface area contributed by atoms with Crippen LogP contribution in [0.2, 0.25) is 0 Å². The predicted molar refractivity (Wildman–Crippen MR) is 72.3 cm³/mol. The van der Waals surface area contributed by atoms with Gasteiger partial charge in [0.25, 0.3) is 0 Å². The first-order valence-corrected chi connectivity index (χ1v) is 5.85. The molecule has 0 radical (unpaired) electrons. The first-order valence-electron chi connectivity index (χ1n) is 5.85. The Morgan fingerprint density at radius 3 is 2.56 bits per heavy atom. The van der Waals surface area contributed by atoms with E-state index in [1.54, 1.807) is 7.11 Å². The normalized spacial score (nSPS) is 10.4. The summed E-state index contributed by atoms with van der Waals surface area (Å²) in [5, 5.41) is 0. The smallest absolute Gasteiger partial charge is 0.152 e. The highest BCUT2D eigenvalue weighted by Gasteiger charge is 2.16. The lowest BCUT2D eigenvalue weighted by molar-refractivity contribution is 0.112. The molecule has 0 bridgehead atoms. The molecule has 3 nitrogen and oxygen atoms in total. The zero-order valence-electron chi connectivity index (χ0n) is 11.2. The highest BCUT2D eigenvalue weighted by molar-refractivity contribution is 5.84. The molecule has 0 saturated carbocycles. The van der Waals surface area contributed by atoms with Crippen LogP contribution < -0.4 is 4.74 Å². The lowest BCUT2D eigenvalue weighted by atomic mass is 10.1. The van der Waals surface area contributed by atoms with Gasteiger partial charge in [-0.3, -0.25) is 4.79 Å². The third-order valence-electron chi connectivity index (χ3n) is 3.45. The molecule has 0 unspecified atom stereocenters. The van der Waals surface area contributed by atoms with Crippen LogP contribution in [0, 0.1) is 13.8 Å². The quantitative estimate of drug-likeness (QED) is 0.775. The van der Waals surface area contributed by atoms with Crippen LogP contribution in [0.25, 0.3) is 11.3 Å². The van der Waals surface area contributed by atoms with Crippen molar-refractivity contribution in [1.29, 1.82) is 0 Å². The fraction of sp³-hybridized carbons (Fsp3) is 0.267. The molecule has 0 fully saturated rings. The van der Waals surface area contributed by atoms with Gasteiger partial charge in [-0.05, 0) is 31.5 Å². The van der Waals surface area contributed by atoms with Gasteiger partial charge in [-0.2, -0.15) is 0 Å². The van der Waals surface area contributed by atoms with Gasteiger partial charge in [0.2, 0.25) is 0 Å². The maximum atomic E-state index is 11.1. The largest absolute Gasteiger partial charge is 0.497 e. The summed E-state index contributed by atoms with van der Waals surface area (Å²) < 4.78 is 7.29. The zero-order chi connectivity index (χ0) is 13.3. The minimum Gasteiger partial charge on any atom is -0.497 e. The maximum Gasteiger partial charge on any atom is 0.152 e. The molecule has 0 spiro atoms. The van der Waals surface area contributed by atoms with Gasteiger partial charge >= 0.3 is 0 Å². The van der Waals surface area contributed by atoms with Crippen LogP contribution in [0.1, 0.15) is 21.6 Å². The highest BCUT2D eigenvalue weighted by Crippen LogP contribution is 2.31. The third kappa shape index (κ3) is 1.82. The average Bonchev–Trinajstić information content (AvgIpc) is 2.60. The van der Waals surface area contributed by atoms with E-state index >= 15 is 0 Å². The van der Waals surface area contributed by atoms with Crippen molar-refractivity contribution in [2.45, 2.75) is 13.8 Å². The number of ether oxygens (including phenoxy) is 1. The standard InChI is InChI=1S/C15H17NO2/c1-10-14(9-17)11(2)16(3)15(10)12-6-5-7-13(8-12)18-4/h5-9H,1-4H3. The maximum absolute atomic E-state index is 11.1. The van der Waals surface area contributed by atoms with E-state index in [9.17, 15) is 4.79 Å². The SMILES string of the molecule is COc1cccc(-c2c(C)c(C=O)c(C)n2C)c1. The molecular formula is C15H17NO2. The summed E-state index contributed by atoms with van der Waals surface area (Å²) >= 11 is 0. The zero-order valence-corrected chi connectivity index (χ0v) is 11.2. The fourth-order valence-corrected chi connectivity index (χ4v) is 2.35. The molecule has 2 aromatic rings. The van der Waals surface area contributed by atoms with Gasteiger partial charge in [-0.15, -0.1) is 0 Å². The molecule has 18 heavy (non-hydrogen) atoms. The Bertz CT molecular complexity index is 597. The van der Waals surface area contributed by atoms with Crippen LogP contribution in [0.3, 0.4) is 0 Å². The van der Waals surface area contributed by atoms with E-state index < -0.39 is 0 Å². The van der Waals surface area contributed by atoms with Crippen LogP contribution in [0.5, 0.6) is 5.75 Å². The Labute approximate surface area is 107 Å². The van der Waals surface area contributed by atoms with Crippen molar-refractivity contribution in [3.63, 3.8) is 0 Å². The molecule has 94 valence electrons. The van der Waals surface area contributed by atoms with Gasteiger partial charge in [0.15, 0.2) is 6.29 Å². The fourth-order valence-electron chi connectivity index (χ4n) is 2.35. The van der Waals surface area contributed by atoms with E-state index in [1.165, 1.54) is 0 Å². The van der Waals surface area contributed by atoms with E-state index in [4.69, 9.17) is 4.74 Å². The molecule has 3 heteroatoms.